The molecule has 0 spiro atoms. The first kappa shape index (κ1) is 18.6. The first-order valence-electron chi connectivity index (χ1n) is 8.59. The van der Waals surface area contributed by atoms with Gasteiger partial charge in [-0.05, 0) is 61.2 Å². The highest BCUT2D eigenvalue weighted by atomic mass is 16.3. The molecule has 0 saturated carbocycles. The molecule has 3 amide bonds. The van der Waals surface area contributed by atoms with Crippen LogP contribution in [0, 0.1) is 32.1 Å². The number of nitrogens with zero attached hydrogens (tertiary/aromatic N) is 3. The van der Waals surface area contributed by atoms with Gasteiger partial charge in [-0.3, -0.25) is 4.79 Å². The Bertz CT molecular complexity index is 993. The standard InChI is InChI=1S/C21H21N3O3/c1-13-5-7-17(9-14(13)2)21(12-25)19(26)24(20(27)23(21)4)18-8-6-16(11-22)15(3)10-18/h5-10,25H,12H2,1-4H3. The molecule has 1 aliphatic rings. The lowest BCUT2D eigenvalue weighted by Crippen LogP contribution is -2.48. The van der Waals surface area contributed by atoms with Gasteiger partial charge in [0, 0.05) is 7.05 Å². The van der Waals surface area contributed by atoms with Gasteiger partial charge in [-0.2, -0.15) is 5.26 Å². The van der Waals surface area contributed by atoms with Crippen LogP contribution in [0.3, 0.4) is 0 Å². The predicted octanol–water partition coefficient (Wildman–Crippen LogP) is 2.77. The normalized spacial score (nSPS) is 19.6. The van der Waals surface area contributed by atoms with Gasteiger partial charge in [0.15, 0.2) is 5.54 Å². The number of carbonyl (C=O) groups is 2. The molecule has 2 aromatic carbocycles. The Kier molecular flexibility index (Phi) is 4.50. The molecular weight excluding hydrogens is 342 g/mol. The Balaban J connectivity index is 2.15. The van der Waals surface area contributed by atoms with Gasteiger partial charge in [0.2, 0.25) is 0 Å². The Morgan fingerprint density at radius 1 is 1.04 bits per heavy atom. The fraction of sp³-hybridized carbons (Fsp3) is 0.286. The highest BCUT2D eigenvalue weighted by Gasteiger charge is 2.57. The number of urea groups is 1. The molecule has 1 heterocycles. The second-order valence-corrected chi connectivity index (χ2v) is 6.91. The number of aryl methyl sites for hydroxylation is 3. The molecule has 27 heavy (non-hydrogen) atoms. The van der Waals surface area contributed by atoms with Crippen LogP contribution in [0.2, 0.25) is 0 Å². The van der Waals surface area contributed by atoms with E-state index in [1.165, 1.54) is 11.9 Å². The van der Waals surface area contributed by atoms with Crippen LogP contribution in [-0.4, -0.2) is 35.6 Å². The summed E-state index contributed by atoms with van der Waals surface area (Å²) < 4.78 is 0. The van der Waals surface area contributed by atoms with E-state index >= 15 is 0 Å². The fourth-order valence-electron chi connectivity index (χ4n) is 3.45. The predicted molar refractivity (Wildman–Crippen MR) is 101 cm³/mol. The summed E-state index contributed by atoms with van der Waals surface area (Å²) in [5, 5.41) is 19.3. The highest BCUT2D eigenvalue weighted by molar-refractivity contribution is 6.23. The van der Waals surface area contributed by atoms with Crippen molar-refractivity contribution in [1.29, 1.82) is 5.26 Å². The van der Waals surface area contributed by atoms with Crippen molar-refractivity contribution in [3.05, 3.63) is 64.2 Å². The number of aliphatic hydroxyl groups is 1. The molecule has 1 saturated heterocycles. The van der Waals surface area contributed by atoms with E-state index in [9.17, 15) is 14.7 Å². The maximum atomic E-state index is 13.4. The van der Waals surface area contributed by atoms with Crippen LogP contribution in [0.5, 0.6) is 0 Å². The second kappa shape index (κ2) is 6.53. The summed E-state index contributed by atoms with van der Waals surface area (Å²) in [6, 6.07) is 11.8. The smallest absolute Gasteiger partial charge is 0.332 e. The van der Waals surface area contributed by atoms with Gasteiger partial charge in [-0.1, -0.05) is 18.2 Å². The van der Waals surface area contributed by atoms with Crippen molar-refractivity contribution in [2.24, 2.45) is 0 Å². The zero-order valence-electron chi connectivity index (χ0n) is 15.8. The summed E-state index contributed by atoms with van der Waals surface area (Å²) in [6.07, 6.45) is 0. The molecule has 3 rings (SSSR count). The number of amides is 3. The van der Waals surface area contributed by atoms with E-state index in [1.54, 1.807) is 31.2 Å². The van der Waals surface area contributed by atoms with Crippen molar-refractivity contribution in [3.63, 3.8) is 0 Å². The molecule has 2 aromatic rings. The molecule has 1 atom stereocenters. The topological polar surface area (TPSA) is 84.6 Å². The first-order valence-corrected chi connectivity index (χ1v) is 8.59. The lowest BCUT2D eigenvalue weighted by atomic mass is 9.87. The number of benzene rings is 2. The molecule has 1 aliphatic heterocycles. The highest BCUT2D eigenvalue weighted by Crippen LogP contribution is 2.39. The Morgan fingerprint density at radius 2 is 1.74 bits per heavy atom. The van der Waals surface area contributed by atoms with Gasteiger partial charge >= 0.3 is 6.03 Å². The second-order valence-electron chi connectivity index (χ2n) is 6.91. The van der Waals surface area contributed by atoms with E-state index in [0.717, 1.165) is 16.0 Å². The van der Waals surface area contributed by atoms with Crippen LogP contribution in [-0.2, 0) is 10.3 Å². The third-order valence-corrected chi connectivity index (χ3v) is 5.41. The molecule has 1 fully saturated rings. The zero-order chi connectivity index (χ0) is 19.9. The van der Waals surface area contributed by atoms with E-state index in [1.807, 2.05) is 26.0 Å². The molecule has 1 N–H and O–H groups in total. The molecule has 138 valence electrons. The number of hydrogen-bond donors (Lipinski definition) is 1. The minimum absolute atomic E-state index is 0.382. The lowest BCUT2D eigenvalue weighted by molar-refractivity contribution is -0.127. The number of rotatable bonds is 3. The lowest BCUT2D eigenvalue weighted by Gasteiger charge is -2.31. The van der Waals surface area contributed by atoms with E-state index in [0.29, 0.717) is 22.4 Å². The van der Waals surface area contributed by atoms with Crippen LogP contribution < -0.4 is 4.90 Å². The van der Waals surface area contributed by atoms with Crippen LogP contribution in [0.15, 0.2) is 36.4 Å². The number of imide groups is 1. The maximum Gasteiger partial charge on any atom is 0.332 e. The van der Waals surface area contributed by atoms with Crippen LogP contribution in [0.1, 0.15) is 27.8 Å². The van der Waals surface area contributed by atoms with Gasteiger partial charge in [0.25, 0.3) is 5.91 Å². The van der Waals surface area contributed by atoms with Crippen LogP contribution >= 0.6 is 0 Å². The molecule has 6 nitrogen and oxygen atoms in total. The number of hydrogen-bond acceptors (Lipinski definition) is 4. The molecule has 1 unspecified atom stereocenters. The number of anilines is 1. The summed E-state index contributed by atoms with van der Waals surface area (Å²) in [7, 11) is 1.52. The molecular formula is C21H21N3O3. The van der Waals surface area contributed by atoms with Crippen molar-refractivity contribution in [2.75, 3.05) is 18.6 Å². The van der Waals surface area contributed by atoms with Crippen molar-refractivity contribution < 1.29 is 14.7 Å². The third-order valence-electron chi connectivity index (χ3n) is 5.41. The van der Waals surface area contributed by atoms with E-state index < -0.39 is 24.1 Å². The maximum absolute atomic E-state index is 13.4. The van der Waals surface area contributed by atoms with Gasteiger partial charge in [0.1, 0.15) is 0 Å². The summed E-state index contributed by atoms with van der Waals surface area (Å²) in [4.78, 5) is 28.7. The average Bonchev–Trinajstić information content (AvgIpc) is 2.84. The fourth-order valence-corrected chi connectivity index (χ4v) is 3.45. The Hall–Kier alpha value is -3.17. The van der Waals surface area contributed by atoms with Crippen molar-refractivity contribution in [3.8, 4) is 6.07 Å². The van der Waals surface area contributed by atoms with Gasteiger partial charge in [-0.25, -0.2) is 9.69 Å². The summed E-state index contributed by atoms with van der Waals surface area (Å²) in [5.41, 5.74) is 2.67. The monoisotopic (exact) mass is 363 g/mol. The molecule has 0 aliphatic carbocycles. The Morgan fingerprint density at radius 3 is 2.30 bits per heavy atom. The van der Waals surface area contributed by atoms with Gasteiger partial charge < -0.3 is 10.0 Å². The van der Waals surface area contributed by atoms with Gasteiger partial charge in [-0.15, -0.1) is 0 Å². The number of aliphatic hydroxyl groups excluding tert-OH is 1. The van der Waals surface area contributed by atoms with E-state index in [4.69, 9.17) is 5.26 Å². The summed E-state index contributed by atoms with van der Waals surface area (Å²) >= 11 is 0. The van der Waals surface area contributed by atoms with Gasteiger partial charge in [0.05, 0.1) is 23.9 Å². The summed E-state index contributed by atoms with van der Waals surface area (Å²) in [5.74, 6) is -0.509. The quantitative estimate of drug-likeness (QED) is 0.850. The molecule has 0 aromatic heterocycles. The van der Waals surface area contributed by atoms with Crippen molar-refractivity contribution in [2.45, 2.75) is 26.3 Å². The first-order chi connectivity index (χ1) is 12.8. The summed E-state index contributed by atoms with van der Waals surface area (Å²) in [6.45, 7) is 5.11. The SMILES string of the molecule is Cc1ccc(C2(CO)C(=O)N(c3ccc(C#N)c(C)c3)C(=O)N2C)cc1C. The van der Waals surface area contributed by atoms with Crippen LogP contribution in [0.25, 0.3) is 0 Å². The van der Waals surface area contributed by atoms with Crippen molar-refractivity contribution >= 4 is 17.6 Å². The average molecular weight is 363 g/mol. The molecule has 6 heteroatoms. The number of nitriles is 1. The minimum atomic E-state index is -1.47. The molecule has 0 bridgehead atoms. The largest absolute Gasteiger partial charge is 0.393 e. The third kappa shape index (κ3) is 2.59. The zero-order valence-corrected chi connectivity index (χ0v) is 15.8. The van der Waals surface area contributed by atoms with E-state index in [2.05, 4.69) is 6.07 Å². The number of carbonyl (C=O) groups excluding carboxylic acids is 2. The van der Waals surface area contributed by atoms with Crippen molar-refractivity contribution in [1.82, 2.24) is 4.90 Å². The minimum Gasteiger partial charge on any atom is -0.393 e. The van der Waals surface area contributed by atoms with Crippen LogP contribution in [0.4, 0.5) is 10.5 Å². The Labute approximate surface area is 158 Å². The van der Waals surface area contributed by atoms with E-state index in [-0.39, 0.29) is 0 Å². The number of likely N-dealkylation sites (N-methyl/N-ethyl adjacent to an activating group) is 1. The molecule has 0 radical (unpaired) electrons.